The smallest absolute Gasteiger partial charge is 0.307 e. The van der Waals surface area contributed by atoms with Crippen LogP contribution >= 0.6 is 11.6 Å². The van der Waals surface area contributed by atoms with E-state index in [1.165, 1.54) is 37.7 Å². The maximum atomic E-state index is 13.0. The average Bonchev–Trinajstić information content (AvgIpc) is 3.02. The Balaban J connectivity index is 2.68. The molecule has 0 bridgehead atoms. The fourth-order valence-corrected chi connectivity index (χ4v) is 3.49. The predicted molar refractivity (Wildman–Crippen MR) is 103 cm³/mol. The van der Waals surface area contributed by atoms with E-state index in [1.54, 1.807) is 0 Å². The highest BCUT2D eigenvalue weighted by Crippen LogP contribution is 2.29. The third-order valence-electron chi connectivity index (χ3n) is 3.83. The molecule has 0 atom stereocenters. The summed E-state index contributed by atoms with van der Waals surface area (Å²) in [5.41, 5.74) is -1.52. The summed E-state index contributed by atoms with van der Waals surface area (Å²) in [6.45, 7) is 4.38. The molecule has 2 aromatic heterocycles. The molecule has 0 N–H and O–H groups in total. The molecule has 0 fully saturated rings. The maximum Gasteiger partial charge on any atom is 0.433 e. The van der Waals surface area contributed by atoms with Crippen molar-refractivity contribution >= 4 is 33.9 Å². The van der Waals surface area contributed by atoms with Gasteiger partial charge in [-0.15, -0.1) is 10.2 Å². The van der Waals surface area contributed by atoms with Crippen molar-refractivity contribution in [3.63, 3.8) is 0 Å². The number of sulfone groups is 1. The molecule has 0 saturated carbocycles. The summed E-state index contributed by atoms with van der Waals surface area (Å²) in [5.74, 6) is -0.267. The minimum Gasteiger partial charge on any atom is -0.307 e. The fraction of sp³-hybridized carbons (Fsp3) is 0.312. The summed E-state index contributed by atoms with van der Waals surface area (Å²) in [7, 11) is -0.986. The Kier molecular flexibility index (Phi) is 6.58. The number of rotatable bonds is 6. The lowest BCUT2D eigenvalue weighted by Crippen LogP contribution is -2.15. The van der Waals surface area contributed by atoms with E-state index < -0.39 is 21.7 Å². The van der Waals surface area contributed by atoms with Gasteiger partial charge in [0, 0.05) is 14.1 Å². The van der Waals surface area contributed by atoms with Gasteiger partial charge in [-0.2, -0.15) is 13.2 Å². The van der Waals surface area contributed by atoms with E-state index in [1.807, 2.05) is 0 Å². The number of aromatic nitrogens is 4. The lowest BCUT2D eigenvalue weighted by molar-refractivity contribution is -0.0921. The monoisotopic (exact) mass is 448 g/mol. The van der Waals surface area contributed by atoms with E-state index in [9.17, 15) is 21.6 Å². The van der Waals surface area contributed by atoms with Crippen molar-refractivity contribution in [1.29, 1.82) is 0 Å². The Hall–Kier alpha value is -2.60. The first-order valence-electron chi connectivity index (χ1n) is 7.98. The molecular formula is C16H16ClF3N6O2S. The van der Waals surface area contributed by atoms with Gasteiger partial charge >= 0.3 is 6.18 Å². The lowest BCUT2D eigenvalue weighted by Gasteiger charge is -2.10. The van der Waals surface area contributed by atoms with Crippen molar-refractivity contribution in [2.24, 2.45) is 17.0 Å². The summed E-state index contributed by atoms with van der Waals surface area (Å²) in [4.78, 5) is 10.7. The third-order valence-corrected chi connectivity index (χ3v) is 5.80. The lowest BCUT2D eigenvalue weighted by atomic mass is 10.2. The molecule has 2 rings (SSSR count). The minimum atomic E-state index is -4.74. The Morgan fingerprint density at radius 2 is 2.00 bits per heavy atom. The molecule has 0 aromatic carbocycles. The predicted octanol–water partition coefficient (Wildman–Crippen LogP) is 2.89. The molecule has 0 radical (unpaired) electrons. The van der Waals surface area contributed by atoms with Crippen LogP contribution in [0.1, 0.15) is 12.7 Å². The maximum absolute atomic E-state index is 13.0. The quantitative estimate of drug-likeness (QED) is 0.499. The molecule has 8 nitrogen and oxygen atoms in total. The highest BCUT2D eigenvalue weighted by Gasteiger charge is 2.34. The third kappa shape index (κ3) is 4.70. The van der Waals surface area contributed by atoms with Crippen molar-refractivity contribution in [2.75, 3.05) is 12.8 Å². The topological polar surface area (TPSA) is 102 Å². The number of halogens is 4. The van der Waals surface area contributed by atoms with Crippen molar-refractivity contribution in [3.8, 4) is 11.5 Å². The largest absolute Gasteiger partial charge is 0.433 e. The van der Waals surface area contributed by atoms with Gasteiger partial charge in [-0.05, 0) is 24.9 Å². The van der Waals surface area contributed by atoms with Gasteiger partial charge in [0.2, 0.25) is 0 Å². The van der Waals surface area contributed by atoms with Gasteiger partial charge in [0.15, 0.2) is 21.5 Å². The fourth-order valence-electron chi connectivity index (χ4n) is 2.32. The number of alkyl halides is 3. The number of allylic oxidation sites excluding steroid dienone is 2. The molecule has 2 heterocycles. The van der Waals surface area contributed by atoms with Crippen LogP contribution in [0.2, 0.25) is 5.15 Å². The van der Waals surface area contributed by atoms with Crippen LogP contribution in [0.3, 0.4) is 0 Å². The first-order chi connectivity index (χ1) is 13.5. The highest BCUT2D eigenvalue weighted by atomic mass is 35.5. The van der Waals surface area contributed by atoms with Crippen LogP contribution in [0.5, 0.6) is 0 Å². The molecule has 2 aromatic rings. The van der Waals surface area contributed by atoms with Crippen LogP contribution in [0.4, 0.5) is 13.2 Å². The van der Waals surface area contributed by atoms with Crippen molar-refractivity contribution < 1.29 is 21.6 Å². The second-order valence-electron chi connectivity index (χ2n) is 5.58. The molecule has 0 aliphatic carbocycles. The normalized spacial score (nSPS) is 13.6. The zero-order valence-corrected chi connectivity index (χ0v) is 17.1. The highest BCUT2D eigenvalue weighted by molar-refractivity contribution is 7.91. The minimum absolute atomic E-state index is 0.0100. The number of hydrogen-bond donors (Lipinski definition) is 0. The molecule has 13 heteroatoms. The van der Waals surface area contributed by atoms with Crippen LogP contribution in [0.15, 0.2) is 38.8 Å². The molecule has 0 saturated heterocycles. The SMILES string of the molecule is C=N/C(=C\C(=N/C)c1nnc(-c2nc(Cl)ccc2S(=O)(=O)CC)n1C)C(F)(F)F. The van der Waals surface area contributed by atoms with Crippen LogP contribution in [0, 0.1) is 0 Å². The summed E-state index contributed by atoms with van der Waals surface area (Å²) >= 11 is 5.91. The van der Waals surface area contributed by atoms with Crippen molar-refractivity contribution in [3.05, 3.63) is 34.9 Å². The first-order valence-corrected chi connectivity index (χ1v) is 10.0. The van der Waals surface area contributed by atoms with Gasteiger partial charge < -0.3 is 4.57 Å². The molecule has 0 spiro atoms. The van der Waals surface area contributed by atoms with Gasteiger partial charge in [0.25, 0.3) is 0 Å². The van der Waals surface area contributed by atoms with E-state index >= 15 is 0 Å². The van der Waals surface area contributed by atoms with Gasteiger partial charge in [-0.1, -0.05) is 18.5 Å². The van der Waals surface area contributed by atoms with E-state index in [-0.39, 0.29) is 38.9 Å². The summed E-state index contributed by atoms with van der Waals surface area (Å²) in [6.07, 6.45) is -4.08. The van der Waals surface area contributed by atoms with E-state index in [0.29, 0.717) is 6.08 Å². The van der Waals surface area contributed by atoms with Crippen LogP contribution in [-0.2, 0) is 16.9 Å². The molecule has 156 valence electrons. The van der Waals surface area contributed by atoms with Gasteiger partial charge in [0.1, 0.15) is 22.3 Å². The average molecular weight is 449 g/mol. The van der Waals surface area contributed by atoms with Crippen LogP contribution in [0.25, 0.3) is 11.5 Å². The van der Waals surface area contributed by atoms with E-state index in [4.69, 9.17) is 11.6 Å². The Labute approximate surface area is 169 Å². The number of aliphatic imine (C=N–C) groups is 2. The summed E-state index contributed by atoms with van der Waals surface area (Å²) in [6, 6.07) is 2.61. The second-order valence-corrected chi connectivity index (χ2v) is 8.22. The molecule has 0 unspecified atom stereocenters. The summed E-state index contributed by atoms with van der Waals surface area (Å²) in [5, 5.41) is 7.74. The molecule has 0 aliphatic rings. The number of hydrogen-bond acceptors (Lipinski definition) is 7. The van der Waals surface area contributed by atoms with Gasteiger partial charge in [-0.25, -0.2) is 13.4 Å². The standard InChI is InChI=1S/C16H16ClF3N6O2S/c1-5-29(27,28)10-6-7-12(17)23-13(10)15-25-24-14(26(15)4)9(21-2)8-11(22-3)16(18,19)20/h6-8H,3,5H2,1-2,4H3/b11-8-,21-9+. The zero-order valence-electron chi connectivity index (χ0n) is 15.6. The first kappa shape index (κ1) is 22.7. The summed E-state index contributed by atoms with van der Waals surface area (Å²) < 4.78 is 65.0. The number of pyridine rings is 1. The Morgan fingerprint density at radius 3 is 2.52 bits per heavy atom. The Morgan fingerprint density at radius 1 is 1.34 bits per heavy atom. The van der Waals surface area contributed by atoms with Crippen molar-refractivity contribution in [2.45, 2.75) is 18.0 Å². The second kappa shape index (κ2) is 8.41. The van der Waals surface area contributed by atoms with E-state index in [2.05, 4.69) is 31.9 Å². The van der Waals surface area contributed by atoms with Crippen molar-refractivity contribution in [1.82, 2.24) is 19.7 Å². The molecule has 0 aliphatic heterocycles. The molecular weight excluding hydrogens is 433 g/mol. The van der Waals surface area contributed by atoms with E-state index in [0.717, 1.165) is 0 Å². The zero-order chi connectivity index (χ0) is 22.0. The van der Waals surface area contributed by atoms with Gasteiger partial charge in [0.05, 0.1) is 10.6 Å². The van der Waals surface area contributed by atoms with Gasteiger partial charge in [-0.3, -0.25) is 9.98 Å². The van der Waals surface area contributed by atoms with Crippen LogP contribution < -0.4 is 0 Å². The van der Waals surface area contributed by atoms with Crippen LogP contribution in [-0.4, -0.2) is 59.6 Å². The molecule has 0 amide bonds. The number of nitrogens with zero attached hydrogens (tertiary/aromatic N) is 6. The molecule has 29 heavy (non-hydrogen) atoms. The Bertz CT molecular complexity index is 1110.